The van der Waals surface area contributed by atoms with Gasteiger partial charge in [0.15, 0.2) is 0 Å². The van der Waals surface area contributed by atoms with Gasteiger partial charge >= 0.3 is 5.97 Å². The first-order valence-electron chi connectivity index (χ1n) is 10.2. The summed E-state index contributed by atoms with van der Waals surface area (Å²) in [6.07, 6.45) is 10.5. The minimum absolute atomic E-state index is 0.0401. The molecule has 1 heterocycles. The van der Waals surface area contributed by atoms with Crippen LogP contribution in [0.15, 0.2) is 12.2 Å². The van der Waals surface area contributed by atoms with E-state index in [1.165, 1.54) is 16.2 Å². The fourth-order valence-corrected chi connectivity index (χ4v) is 6.39. The predicted molar refractivity (Wildman–Crippen MR) is 105 cm³/mol. The highest BCUT2D eigenvalue weighted by atomic mass is 32.1. The Bertz CT molecular complexity index is 885. The van der Waals surface area contributed by atoms with Crippen LogP contribution in [0.3, 0.4) is 0 Å². The first-order valence-corrected chi connectivity index (χ1v) is 11.0. The zero-order valence-corrected chi connectivity index (χ0v) is 16.4. The Morgan fingerprint density at radius 1 is 1.00 bits per heavy atom. The third-order valence-electron chi connectivity index (χ3n) is 6.63. The number of carbonyl (C=O) groups excluding carboxylic acids is 2. The Hall–Kier alpha value is -2.15. The average Bonchev–Trinajstić information content (AvgIpc) is 3.26. The van der Waals surface area contributed by atoms with E-state index in [4.69, 9.17) is 0 Å². The number of carboxylic acid groups (broad SMARTS) is 1. The van der Waals surface area contributed by atoms with E-state index >= 15 is 0 Å². The van der Waals surface area contributed by atoms with Crippen molar-refractivity contribution in [1.82, 2.24) is 5.32 Å². The second kappa shape index (κ2) is 6.72. The number of fused-ring (bicyclic) bond motifs is 3. The van der Waals surface area contributed by atoms with Crippen LogP contribution in [-0.2, 0) is 22.4 Å². The van der Waals surface area contributed by atoms with Crippen LogP contribution in [0, 0.1) is 23.7 Å². The van der Waals surface area contributed by atoms with Gasteiger partial charge in [0, 0.05) is 10.9 Å². The molecule has 0 unspecified atom stereocenters. The zero-order chi connectivity index (χ0) is 19.4. The lowest BCUT2D eigenvalue weighted by atomic mass is 9.62. The molecular formula is C21H24N2O4S. The van der Waals surface area contributed by atoms with Crippen LogP contribution in [0.5, 0.6) is 0 Å². The van der Waals surface area contributed by atoms with Crippen molar-refractivity contribution < 1.29 is 19.5 Å². The lowest BCUT2D eigenvalue weighted by Crippen LogP contribution is -2.47. The molecule has 6 rings (SSSR count). The molecule has 5 aliphatic rings. The van der Waals surface area contributed by atoms with E-state index in [9.17, 15) is 19.5 Å². The summed E-state index contributed by atoms with van der Waals surface area (Å²) in [4.78, 5) is 39.0. The molecule has 2 saturated carbocycles. The fourth-order valence-electron chi connectivity index (χ4n) is 5.10. The van der Waals surface area contributed by atoms with Crippen molar-refractivity contribution >= 4 is 34.1 Å². The zero-order valence-electron chi connectivity index (χ0n) is 15.6. The molecule has 3 N–H and O–H groups in total. The van der Waals surface area contributed by atoms with Crippen molar-refractivity contribution in [1.29, 1.82) is 0 Å². The minimum atomic E-state index is -0.903. The van der Waals surface area contributed by atoms with Gasteiger partial charge < -0.3 is 15.7 Å². The second-order valence-corrected chi connectivity index (χ2v) is 9.58. The van der Waals surface area contributed by atoms with Crippen molar-refractivity contribution in [2.24, 2.45) is 23.7 Å². The average molecular weight is 401 g/mol. The summed E-state index contributed by atoms with van der Waals surface area (Å²) < 4.78 is 0. The van der Waals surface area contributed by atoms with Gasteiger partial charge in [-0.15, -0.1) is 11.3 Å². The Kier molecular flexibility index (Phi) is 4.30. The Balaban J connectivity index is 1.43. The summed E-state index contributed by atoms with van der Waals surface area (Å²) in [6.45, 7) is 0. The number of anilines is 1. The number of hydrogen-bond donors (Lipinski definition) is 3. The normalized spacial score (nSPS) is 30.1. The number of nitrogens with one attached hydrogen (secondary N) is 2. The molecule has 4 atom stereocenters. The Labute approximate surface area is 167 Å². The van der Waals surface area contributed by atoms with Gasteiger partial charge in [-0.3, -0.25) is 14.4 Å². The number of aliphatic carboxylic acids is 1. The molecule has 0 radical (unpaired) electrons. The summed E-state index contributed by atoms with van der Waals surface area (Å²) in [6, 6.07) is 0.253. The van der Waals surface area contributed by atoms with Gasteiger partial charge in [-0.25, -0.2) is 0 Å². The van der Waals surface area contributed by atoms with Crippen LogP contribution in [0.2, 0.25) is 0 Å². The molecule has 0 spiro atoms. The molecule has 7 heteroatoms. The van der Waals surface area contributed by atoms with Gasteiger partial charge in [-0.2, -0.15) is 0 Å². The monoisotopic (exact) mass is 400 g/mol. The molecule has 28 heavy (non-hydrogen) atoms. The molecule has 5 aliphatic carbocycles. The highest BCUT2D eigenvalue weighted by Crippen LogP contribution is 2.46. The van der Waals surface area contributed by atoms with Crippen LogP contribution >= 0.6 is 11.3 Å². The van der Waals surface area contributed by atoms with Crippen molar-refractivity contribution in [2.75, 3.05) is 5.32 Å². The van der Waals surface area contributed by atoms with Crippen molar-refractivity contribution in [3.8, 4) is 0 Å². The van der Waals surface area contributed by atoms with E-state index in [0.717, 1.165) is 50.5 Å². The molecule has 148 valence electrons. The van der Waals surface area contributed by atoms with E-state index in [1.807, 2.05) is 12.2 Å². The van der Waals surface area contributed by atoms with Gasteiger partial charge in [0.1, 0.15) is 5.00 Å². The smallest absolute Gasteiger partial charge is 0.307 e. The summed E-state index contributed by atoms with van der Waals surface area (Å²) in [5.41, 5.74) is 1.68. The number of hydrogen-bond acceptors (Lipinski definition) is 4. The first kappa shape index (κ1) is 17.9. The van der Waals surface area contributed by atoms with Gasteiger partial charge in [0.05, 0.1) is 17.4 Å². The van der Waals surface area contributed by atoms with Crippen LogP contribution in [0.4, 0.5) is 5.00 Å². The quantitative estimate of drug-likeness (QED) is 0.662. The molecule has 2 amide bonds. The molecule has 0 aromatic carbocycles. The molecule has 0 saturated heterocycles. The van der Waals surface area contributed by atoms with E-state index in [0.29, 0.717) is 10.6 Å². The van der Waals surface area contributed by atoms with Gasteiger partial charge in [-0.1, -0.05) is 12.2 Å². The third-order valence-corrected chi connectivity index (χ3v) is 7.84. The number of carboxylic acids is 1. The summed E-state index contributed by atoms with van der Waals surface area (Å²) in [5.74, 6) is -2.63. The topological polar surface area (TPSA) is 95.5 Å². The SMILES string of the molecule is O=C(NC1CC1)c1c(NC(=O)[C@@H]2[C@@H](C(=O)O)[C@@H]3C=C[C@H]2CC3)sc2c1CCC2. The maximum atomic E-state index is 13.2. The Morgan fingerprint density at radius 2 is 1.71 bits per heavy atom. The van der Waals surface area contributed by atoms with Gasteiger partial charge in [0.2, 0.25) is 5.91 Å². The lowest BCUT2D eigenvalue weighted by Gasteiger charge is -2.41. The molecule has 2 fully saturated rings. The van der Waals surface area contributed by atoms with Crippen molar-refractivity contribution in [2.45, 2.75) is 51.0 Å². The standard InChI is InChI=1S/C21H24N2O4S/c24-18(15-10-4-6-11(7-5-10)16(15)21(26)27)23-20-17(19(25)22-12-8-9-12)13-2-1-3-14(13)28-20/h4,6,10-12,15-16H,1-3,5,7-9H2,(H,22,25)(H,23,24)(H,26,27)/t10-,11+,15-,16-/m0/s1. The van der Waals surface area contributed by atoms with Crippen LogP contribution in [0.25, 0.3) is 0 Å². The lowest BCUT2D eigenvalue weighted by molar-refractivity contribution is -0.151. The molecule has 1 aromatic rings. The van der Waals surface area contributed by atoms with Crippen LogP contribution in [0.1, 0.15) is 52.9 Å². The van der Waals surface area contributed by atoms with E-state index in [2.05, 4.69) is 10.6 Å². The first-order chi connectivity index (χ1) is 13.5. The number of thiophene rings is 1. The summed E-state index contributed by atoms with van der Waals surface area (Å²) in [7, 11) is 0. The van der Waals surface area contributed by atoms with Gasteiger partial charge in [-0.05, 0) is 62.3 Å². The molecule has 0 aliphatic heterocycles. The van der Waals surface area contributed by atoms with E-state index < -0.39 is 17.8 Å². The number of carbonyl (C=O) groups is 3. The van der Waals surface area contributed by atoms with Crippen molar-refractivity contribution in [3.63, 3.8) is 0 Å². The minimum Gasteiger partial charge on any atom is -0.481 e. The van der Waals surface area contributed by atoms with Gasteiger partial charge in [0.25, 0.3) is 5.91 Å². The number of allylic oxidation sites excluding steroid dienone is 2. The van der Waals surface area contributed by atoms with Crippen LogP contribution in [-0.4, -0.2) is 28.9 Å². The van der Waals surface area contributed by atoms with E-state index in [1.54, 1.807) is 0 Å². The summed E-state index contributed by atoms with van der Waals surface area (Å²) in [5, 5.41) is 16.3. The molecule has 2 bridgehead atoms. The fraction of sp³-hybridized carbons (Fsp3) is 0.571. The van der Waals surface area contributed by atoms with E-state index in [-0.39, 0.29) is 29.7 Å². The second-order valence-electron chi connectivity index (χ2n) is 8.48. The molecule has 6 nitrogen and oxygen atoms in total. The maximum Gasteiger partial charge on any atom is 0.307 e. The Morgan fingerprint density at radius 3 is 2.36 bits per heavy atom. The van der Waals surface area contributed by atoms with Crippen LogP contribution < -0.4 is 10.6 Å². The number of rotatable bonds is 5. The third kappa shape index (κ3) is 2.96. The number of aryl methyl sites for hydroxylation is 1. The molecular weight excluding hydrogens is 376 g/mol. The molecule has 1 aromatic heterocycles. The highest BCUT2D eigenvalue weighted by Gasteiger charge is 2.48. The number of amides is 2. The highest BCUT2D eigenvalue weighted by molar-refractivity contribution is 7.17. The predicted octanol–water partition coefficient (Wildman–Crippen LogP) is 2.98. The van der Waals surface area contributed by atoms with Crippen molar-refractivity contribution in [3.05, 3.63) is 28.2 Å². The summed E-state index contributed by atoms with van der Waals surface area (Å²) >= 11 is 1.49. The largest absolute Gasteiger partial charge is 0.481 e. The maximum absolute atomic E-state index is 13.2.